The topological polar surface area (TPSA) is 62.5 Å². The summed E-state index contributed by atoms with van der Waals surface area (Å²) >= 11 is 3.32. The second kappa shape index (κ2) is 5.00. The maximum Gasteiger partial charge on any atom is 0.329 e. The summed E-state index contributed by atoms with van der Waals surface area (Å²) in [6.07, 6.45) is 3.97. The van der Waals surface area contributed by atoms with E-state index in [0.717, 1.165) is 17.3 Å². The van der Waals surface area contributed by atoms with E-state index < -0.39 is 11.5 Å². The first-order chi connectivity index (χ1) is 8.86. The van der Waals surface area contributed by atoms with Gasteiger partial charge < -0.3 is 14.6 Å². The Balaban J connectivity index is 2.36. The lowest BCUT2D eigenvalue weighted by molar-refractivity contribution is -0.150. The van der Waals surface area contributed by atoms with Crippen molar-refractivity contribution < 1.29 is 14.7 Å². The van der Waals surface area contributed by atoms with E-state index >= 15 is 0 Å². The molecular weight excluding hydrogens is 312 g/mol. The van der Waals surface area contributed by atoms with Crippen molar-refractivity contribution in [3.05, 3.63) is 22.4 Å². The van der Waals surface area contributed by atoms with E-state index in [0.29, 0.717) is 18.7 Å². The maximum absolute atomic E-state index is 12.6. The van der Waals surface area contributed by atoms with Crippen molar-refractivity contribution in [3.63, 3.8) is 0 Å². The summed E-state index contributed by atoms with van der Waals surface area (Å²) in [5.74, 6) is -1.16. The van der Waals surface area contributed by atoms with Crippen LogP contribution in [-0.4, -0.2) is 38.5 Å². The second-order valence-electron chi connectivity index (χ2n) is 5.15. The number of likely N-dealkylation sites (tertiary alicyclic amines) is 1. The molecule has 1 aliphatic rings. The molecule has 0 aliphatic carbocycles. The Hall–Kier alpha value is -1.30. The molecule has 1 aromatic heterocycles. The van der Waals surface area contributed by atoms with Crippen LogP contribution in [0.4, 0.5) is 0 Å². The molecule has 1 N–H and O–H groups in total. The lowest BCUT2D eigenvalue weighted by Crippen LogP contribution is -2.57. The first-order valence-corrected chi connectivity index (χ1v) is 7.03. The Kier molecular flexibility index (Phi) is 3.71. The van der Waals surface area contributed by atoms with Crippen LogP contribution in [0.15, 0.2) is 16.7 Å². The Morgan fingerprint density at radius 3 is 2.63 bits per heavy atom. The van der Waals surface area contributed by atoms with E-state index in [-0.39, 0.29) is 5.91 Å². The van der Waals surface area contributed by atoms with E-state index in [1.165, 1.54) is 4.90 Å². The van der Waals surface area contributed by atoms with Crippen LogP contribution < -0.4 is 0 Å². The van der Waals surface area contributed by atoms with Crippen molar-refractivity contribution in [2.45, 2.75) is 31.7 Å². The number of amides is 1. The number of aryl methyl sites for hydroxylation is 1. The number of nitrogens with zero attached hydrogens (tertiary/aromatic N) is 2. The molecule has 0 radical (unpaired) electrons. The van der Waals surface area contributed by atoms with E-state index in [9.17, 15) is 14.7 Å². The highest BCUT2D eigenvalue weighted by molar-refractivity contribution is 9.10. The van der Waals surface area contributed by atoms with Crippen molar-refractivity contribution >= 4 is 27.8 Å². The van der Waals surface area contributed by atoms with Gasteiger partial charge in [-0.2, -0.15) is 0 Å². The molecule has 1 saturated heterocycles. The molecule has 1 fully saturated rings. The quantitative estimate of drug-likeness (QED) is 0.905. The lowest BCUT2D eigenvalue weighted by Gasteiger charge is -2.41. The molecule has 1 aromatic rings. The van der Waals surface area contributed by atoms with Crippen LogP contribution >= 0.6 is 15.9 Å². The summed E-state index contributed by atoms with van der Waals surface area (Å²) in [5.41, 5.74) is -0.604. The highest BCUT2D eigenvalue weighted by atomic mass is 79.9. The van der Waals surface area contributed by atoms with E-state index in [2.05, 4.69) is 15.9 Å². The number of carbonyl (C=O) groups is 2. The molecule has 2 rings (SSSR count). The van der Waals surface area contributed by atoms with Gasteiger partial charge in [-0.3, -0.25) is 4.79 Å². The molecule has 6 heteroatoms. The minimum atomic E-state index is -1.11. The van der Waals surface area contributed by atoms with Crippen LogP contribution in [0.3, 0.4) is 0 Å². The molecule has 0 bridgehead atoms. The molecule has 1 aliphatic heterocycles. The van der Waals surface area contributed by atoms with Crippen LogP contribution in [0.1, 0.15) is 36.7 Å². The monoisotopic (exact) mass is 328 g/mol. The van der Waals surface area contributed by atoms with Gasteiger partial charge in [0.2, 0.25) is 0 Å². The Morgan fingerprint density at radius 2 is 2.11 bits per heavy atom. The molecular formula is C13H17BrN2O3. The van der Waals surface area contributed by atoms with E-state index in [1.54, 1.807) is 30.8 Å². The molecule has 2 heterocycles. The minimum Gasteiger partial charge on any atom is -0.480 e. The van der Waals surface area contributed by atoms with Gasteiger partial charge in [-0.05, 0) is 48.2 Å². The summed E-state index contributed by atoms with van der Waals surface area (Å²) < 4.78 is 2.52. The van der Waals surface area contributed by atoms with Crippen LogP contribution in [-0.2, 0) is 11.8 Å². The van der Waals surface area contributed by atoms with Crippen molar-refractivity contribution in [1.29, 1.82) is 0 Å². The zero-order valence-corrected chi connectivity index (χ0v) is 12.6. The van der Waals surface area contributed by atoms with Gasteiger partial charge >= 0.3 is 5.97 Å². The lowest BCUT2D eigenvalue weighted by atomic mass is 9.88. The zero-order valence-electron chi connectivity index (χ0n) is 11.0. The van der Waals surface area contributed by atoms with Gasteiger partial charge in [-0.1, -0.05) is 0 Å². The minimum absolute atomic E-state index is 0.224. The van der Waals surface area contributed by atoms with Gasteiger partial charge in [-0.15, -0.1) is 0 Å². The van der Waals surface area contributed by atoms with Gasteiger partial charge in [-0.25, -0.2) is 4.79 Å². The first-order valence-electron chi connectivity index (χ1n) is 6.23. The van der Waals surface area contributed by atoms with E-state index in [1.807, 2.05) is 0 Å². The SMILES string of the molecule is Cn1cc(Br)cc1C(=O)N1CCCCC1(C)C(=O)O. The number of hydrogen-bond acceptors (Lipinski definition) is 2. The number of rotatable bonds is 2. The second-order valence-corrected chi connectivity index (χ2v) is 6.06. The number of halogens is 1. The molecule has 19 heavy (non-hydrogen) atoms. The number of hydrogen-bond donors (Lipinski definition) is 1. The largest absolute Gasteiger partial charge is 0.480 e. The number of piperidine rings is 1. The molecule has 1 unspecified atom stereocenters. The van der Waals surface area contributed by atoms with Gasteiger partial charge in [0, 0.05) is 24.3 Å². The van der Waals surface area contributed by atoms with Gasteiger partial charge in [0.25, 0.3) is 5.91 Å². The first kappa shape index (κ1) is 14.1. The smallest absolute Gasteiger partial charge is 0.329 e. The number of carboxylic acid groups (broad SMARTS) is 1. The molecule has 0 aromatic carbocycles. The predicted molar refractivity (Wildman–Crippen MR) is 74.0 cm³/mol. The standard InChI is InChI=1S/C13H17BrN2O3/c1-13(12(18)19)5-3-4-6-16(13)11(17)10-7-9(14)8-15(10)2/h7-8H,3-6H2,1-2H3,(H,18,19). The Morgan fingerprint density at radius 1 is 1.42 bits per heavy atom. The highest BCUT2D eigenvalue weighted by Crippen LogP contribution is 2.30. The third kappa shape index (κ3) is 2.41. The molecule has 104 valence electrons. The number of aliphatic carboxylic acids is 1. The summed E-state index contributed by atoms with van der Waals surface area (Å²) in [4.78, 5) is 25.6. The van der Waals surface area contributed by atoms with E-state index in [4.69, 9.17) is 0 Å². The summed E-state index contributed by atoms with van der Waals surface area (Å²) in [5, 5.41) is 9.43. The molecule has 1 atom stereocenters. The van der Waals surface area contributed by atoms with Gasteiger partial charge in [0.05, 0.1) is 0 Å². The van der Waals surface area contributed by atoms with Crippen molar-refractivity contribution in [1.82, 2.24) is 9.47 Å². The summed E-state index contributed by atoms with van der Waals surface area (Å²) in [6, 6.07) is 1.72. The summed E-state index contributed by atoms with van der Waals surface area (Å²) in [6.45, 7) is 2.12. The van der Waals surface area contributed by atoms with Crippen LogP contribution in [0.5, 0.6) is 0 Å². The highest BCUT2D eigenvalue weighted by Gasteiger charge is 2.44. The molecule has 5 nitrogen and oxygen atoms in total. The van der Waals surface area contributed by atoms with Crippen molar-refractivity contribution in [2.24, 2.45) is 7.05 Å². The fourth-order valence-corrected chi connectivity index (χ4v) is 3.07. The summed E-state index contributed by atoms with van der Waals surface area (Å²) in [7, 11) is 1.78. The third-order valence-corrected chi connectivity index (χ3v) is 4.22. The predicted octanol–water partition coefficient (Wildman–Crippen LogP) is 2.26. The number of carbonyl (C=O) groups excluding carboxylic acids is 1. The number of aromatic nitrogens is 1. The molecule has 0 spiro atoms. The van der Waals surface area contributed by atoms with Gasteiger partial charge in [0.15, 0.2) is 0 Å². The van der Waals surface area contributed by atoms with Gasteiger partial charge in [0.1, 0.15) is 11.2 Å². The molecule has 1 amide bonds. The fourth-order valence-electron chi connectivity index (χ4n) is 2.54. The maximum atomic E-state index is 12.6. The van der Waals surface area contributed by atoms with Crippen LogP contribution in [0.2, 0.25) is 0 Å². The third-order valence-electron chi connectivity index (χ3n) is 3.79. The van der Waals surface area contributed by atoms with Crippen LogP contribution in [0, 0.1) is 0 Å². The fraction of sp³-hybridized carbons (Fsp3) is 0.538. The Bertz CT molecular complexity index is 526. The normalized spacial score (nSPS) is 23.4. The zero-order chi connectivity index (χ0) is 14.2. The van der Waals surface area contributed by atoms with Crippen molar-refractivity contribution in [2.75, 3.05) is 6.54 Å². The Labute approximate surface area is 120 Å². The molecule has 0 saturated carbocycles. The average molecular weight is 329 g/mol. The number of carboxylic acids is 1. The average Bonchev–Trinajstić information content (AvgIpc) is 2.68. The van der Waals surface area contributed by atoms with Crippen LogP contribution in [0.25, 0.3) is 0 Å². The van der Waals surface area contributed by atoms with Crippen molar-refractivity contribution in [3.8, 4) is 0 Å².